The van der Waals surface area contributed by atoms with Gasteiger partial charge in [0.25, 0.3) is 0 Å². The molecule has 146 valence electrons. The van der Waals surface area contributed by atoms with Crippen molar-refractivity contribution in [1.82, 2.24) is 10.2 Å². The normalized spacial score (nSPS) is 22.7. The Hall–Kier alpha value is -1.72. The number of allylic oxidation sites excluding steroid dienone is 3. The highest BCUT2D eigenvalue weighted by atomic mass is 19.3. The van der Waals surface area contributed by atoms with Gasteiger partial charge in [0.1, 0.15) is 0 Å². The summed E-state index contributed by atoms with van der Waals surface area (Å²) in [6, 6.07) is 0.506. The van der Waals surface area contributed by atoms with E-state index in [0.717, 1.165) is 37.2 Å². The van der Waals surface area contributed by atoms with Crippen LogP contribution in [0.5, 0.6) is 0 Å². The first-order valence-electron chi connectivity index (χ1n) is 9.73. The van der Waals surface area contributed by atoms with E-state index in [2.05, 4.69) is 17.1 Å². The van der Waals surface area contributed by atoms with Crippen molar-refractivity contribution in [3.8, 4) is 0 Å². The van der Waals surface area contributed by atoms with Gasteiger partial charge in [-0.1, -0.05) is 25.8 Å². The molecular weight excluding hydrogens is 334 g/mol. The number of rotatable bonds is 7. The average molecular weight is 367 g/mol. The number of halogens is 2. The maximum Gasteiger partial charge on any atom is 0.245 e. The molecule has 0 saturated carbocycles. The number of nitrogens with one attached hydrogen (secondary N) is 2. The Bertz CT molecular complexity index is 587. The Morgan fingerprint density at radius 1 is 1.50 bits per heavy atom. The van der Waals surface area contributed by atoms with E-state index in [1.807, 2.05) is 13.0 Å². The van der Waals surface area contributed by atoms with Crippen LogP contribution < -0.4 is 5.32 Å². The topological polar surface area (TPSA) is 51.5 Å². The zero-order valence-electron chi connectivity index (χ0n) is 16.2. The zero-order valence-corrected chi connectivity index (χ0v) is 16.2. The van der Waals surface area contributed by atoms with Crippen molar-refractivity contribution in [2.75, 3.05) is 6.54 Å². The number of unbranched alkanes of at least 4 members (excludes halogenated alkanes) is 1. The average Bonchev–Trinajstić information content (AvgIpc) is 2.95. The summed E-state index contributed by atoms with van der Waals surface area (Å²) >= 11 is 0. The van der Waals surface area contributed by atoms with E-state index < -0.39 is 5.92 Å². The third kappa shape index (κ3) is 6.54. The number of likely N-dealkylation sites (tertiary alicyclic amines) is 1. The van der Waals surface area contributed by atoms with Gasteiger partial charge in [0.15, 0.2) is 0 Å². The number of guanidine groups is 1. The summed E-state index contributed by atoms with van der Waals surface area (Å²) in [5.74, 6) is -1.89. The molecule has 0 bridgehead atoms. The van der Waals surface area contributed by atoms with Gasteiger partial charge in [-0.2, -0.15) is 0 Å². The summed E-state index contributed by atoms with van der Waals surface area (Å²) in [4.78, 5) is 7.06. The minimum Gasteiger partial charge on any atom is -0.339 e. The minimum atomic E-state index is -2.73. The second-order valence-corrected chi connectivity index (χ2v) is 7.51. The number of hydrogen-bond donors (Lipinski definition) is 2. The van der Waals surface area contributed by atoms with Gasteiger partial charge in [-0.3, -0.25) is 0 Å². The van der Waals surface area contributed by atoms with Crippen LogP contribution in [0.15, 0.2) is 28.5 Å². The Morgan fingerprint density at radius 3 is 2.96 bits per heavy atom. The molecule has 26 heavy (non-hydrogen) atoms. The first-order valence-corrected chi connectivity index (χ1v) is 9.73. The van der Waals surface area contributed by atoms with Crippen LogP contribution in [-0.4, -0.2) is 35.1 Å². The van der Waals surface area contributed by atoms with Gasteiger partial charge in [0.2, 0.25) is 11.9 Å². The molecule has 1 fully saturated rings. The fourth-order valence-corrected chi connectivity index (χ4v) is 3.42. The van der Waals surface area contributed by atoms with E-state index in [0.29, 0.717) is 12.5 Å². The van der Waals surface area contributed by atoms with Crippen LogP contribution in [0.25, 0.3) is 0 Å². The Kier molecular flexibility index (Phi) is 7.35. The largest absolute Gasteiger partial charge is 0.339 e. The molecule has 0 radical (unpaired) electrons. The third-order valence-electron chi connectivity index (χ3n) is 4.89. The van der Waals surface area contributed by atoms with Gasteiger partial charge >= 0.3 is 0 Å². The monoisotopic (exact) mass is 366 g/mol. The highest BCUT2D eigenvalue weighted by Gasteiger charge is 2.28. The number of alkyl halides is 2. The Balaban J connectivity index is 2.07. The Morgan fingerprint density at radius 2 is 2.27 bits per heavy atom. The SMILES string of the molecule is CCCCC1CCCN1C1=NC(C)=CC/C(=C/C(=N)CCC(C)(F)F)N1. The molecule has 1 atom stereocenters. The molecule has 0 amide bonds. The second-order valence-electron chi connectivity index (χ2n) is 7.51. The molecule has 2 rings (SSSR count). The van der Waals surface area contributed by atoms with Gasteiger partial charge < -0.3 is 15.6 Å². The lowest BCUT2D eigenvalue weighted by molar-refractivity contribution is 0.0151. The molecule has 2 heterocycles. The quantitative estimate of drug-likeness (QED) is 0.606. The lowest BCUT2D eigenvalue weighted by Gasteiger charge is -2.28. The van der Waals surface area contributed by atoms with Crippen LogP contribution in [0.2, 0.25) is 0 Å². The van der Waals surface area contributed by atoms with Gasteiger partial charge in [-0.15, -0.1) is 0 Å². The lowest BCUT2D eigenvalue weighted by Crippen LogP contribution is -2.43. The van der Waals surface area contributed by atoms with Crippen molar-refractivity contribution in [3.05, 3.63) is 23.5 Å². The predicted molar refractivity (Wildman–Crippen MR) is 104 cm³/mol. The van der Waals surface area contributed by atoms with E-state index in [4.69, 9.17) is 10.4 Å². The van der Waals surface area contributed by atoms with E-state index in [1.165, 1.54) is 25.7 Å². The van der Waals surface area contributed by atoms with Crippen molar-refractivity contribution < 1.29 is 8.78 Å². The summed E-state index contributed by atoms with van der Waals surface area (Å²) < 4.78 is 26.0. The van der Waals surface area contributed by atoms with Crippen LogP contribution in [0, 0.1) is 5.41 Å². The Labute approximate surface area is 156 Å². The van der Waals surface area contributed by atoms with E-state index in [1.54, 1.807) is 6.08 Å². The first-order chi connectivity index (χ1) is 12.3. The van der Waals surface area contributed by atoms with Gasteiger partial charge in [-0.05, 0) is 45.6 Å². The number of hydrogen-bond acceptors (Lipinski definition) is 4. The van der Waals surface area contributed by atoms with Crippen molar-refractivity contribution in [2.24, 2.45) is 4.99 Å². The molecular formula is C20H32F2N4. The van der Waals surface area contributed by atoms with Crippen molar-refractivity contribution in [3.63, 3.8) is 0 Å². The number of aliphatic imine (C=N–C) groups is 1. The van der Waals surface area contributed by atoms with Crippen molar-refractivity contribution in [1.29, 1.82) is 5.41 Å². The molecule has 2 N–H and O–H groups in total. The number of nitrogens with zero attached hydrogens (tertiary/aromatic N) is 2. The summed E-state index contributed by atoms with van der Waals surface area (Å²) in [6.45, 7) is 6.07. The van der Waals surface area contributed by atoms with Crippen molar-refractivity contribution >= 4 is 11.7 Å². The van der Waals surface area contributed by atoms with Crippen LogP contribution in [0.4, 0.5) is 8.78 Å². The molecule has 0 aromatic heterocycles. The molecule has 0 aromatic rings. The molecule has 1 saturated heterocycles. The lowest BCUT2D eigenvalue weighted by atomic mass is 10.1. The molecule has 2 aliphatic heterocycles. The van der Waals surface area contributed by atoms with Gasteiger partial charge in [0, 0.05) is 42.5 Å². The summed E-state index contributed by atoms with van der Waals surface area (Å²) in [5, 5.41) is 11.4. The minimum absolute atomic E-state index is 0.0761. The fraction of sp³-hybridized carbons (Fsp3) is 0.700. The van der Waals surface area contributed by atoms with Crippen LogP contribution in [-0.2, 0) is 0 Å². The zero-order chi connectivity index (χ0) is 19.2. The smallest absolute Gasteiger partial charge is 0.245 e. The predicted octanol–water partition coefficient (Wildman–Crippen LogP) is 5.23. The van der Waals surface area contributed by atoms with Gasteiger partial charge in [-0.25, -0.2) is 13.8 Å². The fourth-order valence-electron chi connectivity index (χ4n) is 3.42. The van der Waals surface area contributed by atoms with Crippen LogP contribution >= 0.6 is 0 Å². The summed E-state index contributed by atoms with van der Waals surface area (Å²) in [7, 11) is 0. The molecule has 4 nitrogen and oxygen atoms in total. The highest BCUT2D eigenvalue weighted by Crippen LogP contribution is 2.24. The van der Waals surface area contributed by atoms with E-state index >= 15 is 0 Å². The summed E-state index contributed by atoms with van der Waals surface area (Å²) in [5.41, 5.74) is 2.03. The van der Waals surface area contributed by atoms with E-state index in [-0.39, 0.29) is 18.6 Å². The second kappa shape index (κ2) is 9.28. The maximum atomic E-state index is 13.0. The molecule has 0 aliphatic carbocycles. The molecule has 2 aliphatic rings. The molecule has 1 unspecified atom stereocenters. The standard InChI is InChI=1S/C20H32F2N4/c1-4-5-7-18-8-6-13-26(18)19-24-15(2)9-10-17(25-19)14-16(23)11-12-20(3,21)22/h9,14,18,23H,4-8,10-13H2,1-3H3,(H,24,25)/b17-14-,23-16?. The van der Waals surface area contributed by atoms with E-state index in [9.17, 15) is 8.78 Å². The molecule has 0 aromatic carbocycles. The van der Waals surface area contributed by atoms with Crippen molar-refractivity contribution in [2.45, 2.75) is 84.1 Å². The summed E-state index contributed by atoms with van der Waals surface area (Å²) in [6.07, 6.45) is 10.0. The van der Waals surface area contributed by atoms with Crippen LogP contribution in [0.1, 0.15) is 72.1 Å². The highest BCUT2D eigenvalue weighted by molar-refractivity contribution is 5.94. The molecule has 0 spiro atoms. The third-order valence-corrected chi connectivity index (χ3v) is 4.89. The van der Waals surface area contributed by atoms with Gasteiger partial charge in [0.05, 0.1) is 0 Å². The maximum absolute atomic E-state index is 13.0. The first kappa shape index (κ1) is 20.6. The molecule has 6 heteroatoms. The van der Waals surface area contributed by atoms with Crippen LogP contribution in [0.3, 0.4) is 0 Å².